The summed E-state index contributed by atoms with van der Waals surface area (Å²) in [4.78, 5) is 25.4. The third-order valence-electron chi connectivity index (χ3n) is 7.94. The van der Waals surface area contributed by atoms with E-state index in [-0.39, 0.29) is 17.1 Å². The molecule has 152 valence electrons. The SMILES string of the molecule is Cn1c(C(=O)CC2C3CC4CC2CC(C(N)=O)(C4)C3)ccc1-c1cccc(Cl)c1. The number of hydrogen-bond acceptors (Lipinski definition) is 2. The number of amides is 1. The molecule has 2 unspecified atom stereocenters. The first-order chi connectivity index (χ1) is 13.9. The fourth-order valence-electron chi connectivity index (χ4n) is 6.81. The number of halogens is 1. The summed E-state index contributed by atoms with van der Waals surface area (Å²) in [6.45, 7) is 0. The molecule has 29 heavy (non-hydrogen) atoms. The quantitative estimate of drug-likeness (QED) is 0.716. The Kier molecular flexibility index (Phi) is 4.39. The number of nitrogens with zero attached hydrogens (tertiary/aromatic N) is 1. The highest BCUT2D eigenvalue weighted by Crippen LogP contribution is 2.62. The van der Waals surface area contributed by atoms with E-state index in [0.29, 0.717) is 35.1 Å². The van der Waals surface area contributed by atoms with E-state index in [1.807, 2.05) is 48.0 Å². The number of carbonyl (C=O) groups excluding carboxylic acids is 2. The number of carbonyl (C=O) groups is 2. The molecule has 0 aliphatic heterocycles. The van der Waals surface area contributed by atoms with Gasteiger partial charge < -0.3 is 10.3 Å². The number of benzene rings is 1. The normalized spacial score (nSPS) is 32.5. The van der Waals surface area contributed by atoms with Crippen LogP contribution in [-0.2, 0) is 11.8 Å². The molecule has 0 saturated heterocycles. The highest BCUT2D eigenvalue weighted by molar-refractivity contribution is 6.30. The van der Waals surface area contributed by atoms with Crippen LogP contribution in [0.4, 0.5) is 0 Å². The number of rotatable bonds is 5. The van der Waals surface area contributed by atoms with Gasteiger partial charge >= 0.3 is 0 Å². The van der Waals surface area contributed by atoms with Gasteiger partial charge in [0, 0.05) is 29.6 Å². The van der Waals surface area contributed by atoms with E-state index < -0.39 is 0 Å². The van der Waals surface area contributed by atoms with Crippen LogP contribution in [0.3, 0.4) is 0 Å². The van der Waals surface area contributed by atoms with E-state index in [4.69, 9.17) is 17.3 Å². The van der Waals surface area contributed by atoms with E-state index in [1.54, 1.807) is 0 Å². The van der Waals surface area contributed by atoms with E-state index in [1.165, 1.54) is 0 Å². The Morgan fingerprint density at radius 2 is 1.86 bits per heavy atom. The molecule has 4 aliphatic carbocycles. The van der Waals surface area contributed by atoms with Crippen molar-refractivity contribution in [1.29, 1.82) is 0 Å². The molecule has 1 aromatic carbocycles. The van der Waals surface area contributed by atoms with Gasteiger partial charge in [-0.3, -0.25) is 9.59 Å². The summed E-state index contributed by atoms with van der Waals surface area (Å²) in [6.07, 6.45) is 5.62. The van der Waals surface area contributed by atoms with Crippen LogP contribution in [0.5, 0.6) is 0 Å². The first-order valence-electron chi connectivity index (χ1n) is 10.6. The second kappa shape index (κ2) is 6.73. The van der Waals surface area contributed by atoms with Gasteiger partial charge in [0.1, 0.15) is 0 Å². The van der Waals surface area contributed by atoms with Crippen LogP contribution in [0.25, 0.3) is 11.3 Å². The first kappa shape index (κ1) is 18.9. The molecular formula is C24H27ClN2O2. The first-order valence-corrected chi connectivity index (χ1v) is 11.0. The van der Waals surface area contributed by atoms with E-state index >= 15 is 0 Å². The Bertz CT molecular complexity index is 979. The van der Waals surface area contributed by atoms with E-state index in [9.17, 15) is 9.59 Å². The molecule has 1 heterocycles. The average molecular weight is 411 g/mol. The molecule has 5 heteroatoms. The smallest absolute Gasteiger partial charge is 0.223 e. The van der Waals surface area contributed by atoms with Gasteiger partial charge in [0.2, 0.25) is 5.91 Å². The lowest BCUT2D eigenvalue weighted by atomic mass is 9.45. The highest BCUT2D eigenvalue weighted by Gasteiger charge is 2.57. The molecule has 4 aliphatic rings. The summed E-state index contributed by atoms with van der Waals surface area (Å²) in [7, 11) is 1.95. The Morgan fingerprint density at radius 3 is 2.52 bits per heavy atom. The molecule has 4 nitrogen and oxygen atoms in total. The van der Waals surface area contributed by atoms with Gasteiger partial charge in [-0.15, -0.1) is 0 Å². The van der Waals surface area contributed by atoms with E-state index in [0.717, 1.165) is 49.1 Å². The van der Waals surface area contributed by atoms with Gasteiger partial charge in [-0.25, -0.2) is 0 Å². The van der Waals surface area contributed by atoms with Gasteiger partial charge in [0.25, 0.3) is 0 Å². The average Bonchev–Trinajstić information content (AvgIpc) is 3.05. The Labute approximate surface area is 176 Å². The lowest BCUT2D eigenvalue weighted by Gasteiger charge is -2.59. The number of primary amides is 1. The summed E-state index contributed by atoms with van der Waals surface area (Å²) in [5.74, 6) is 2.02. The Balaban J connectivity index is 1.36. The standard InChI is InChI=1S/C24H27ClN2O2/c1-27-20(15-3-2-4-18(25)9-15)5-6-21(27)22(28)10-19-16-7-14-8-17(19)13-24(11-14,12-16)23(26)29/h2-6,9,14,16-17,19H,7-8,10-13H2,1H3,(H2,26,29). The maximum atomic E-state index is 13.2. The third kappa shape index (κ3) is 3.04. The summed E-state index contributed by atoms with van der Waals surface area (Å²) in [6, 6.07) is 11.6. The van der Waals surface area contributed by atoms with Crippen molar-refractivity contribution in [1.82, 2.24) is 4.57 Å². The number of nitrogens with two attached hydrogens (primary N) is 1. The molecular weight excluding hydrogens is 384 g/mol. The van der Waals surface area contributed by atoms with Gasteiger partial charge in [0.15, 0.2) is 5.78 Å². The maximum absolute atomic E-state index is 13.2. The van der Waals surface area contributed by atoms with Crippen LogP contribution in [0.2, 0.25) is 5.02 Å². The van der Waals surface area contributed by atoms with Gasteiger partial charge in [0.05, 0.1) is 5.69 Å². The zero-order valence-corrected chi connectivity index (χ0v) is 17.5. The van der Waals surface area contributed by atoms with Crippen molar-refractivity contribution in [3.8, 4) is 11.3 Å². The third-order valence-corrected chi connectivity index (χ3v) is 8.18. The summed E-state index contributed by atoms with van der Waals surface area (Å²) >= 11 is 6.14. The van der Waals surface area contributed by atoms with Crippen LogP contribution in [0.1, 0.15) is 49.0 Å². The lowest BCUT2D eigenvalue weighted by Crippen LogP contribution is -2.56. The van der Waals surface area contributed by atoms with Crippen molar-refractivity contribution in [2.24, 2.45) is 41.9 Å². The van der Waals surface area contributed by atoms with Crippen LogP contribution < -0.4 is 5.73 Å². The minimum Gasteiger partial charge on any atom is -0.369 e. The summed E-state index contributed by atoms with van der Waals surface area (Å²) in [5.41, 5.74) is 8.26. The highest BCUT2D eigenvalue weighted by atomic mass is 35.5. The Morgan fingerprint density at radius 1 is 1.14 bits per heavy atom. The Hall–Kier alpha value is -2.07. The van der Waals surface area contributed by atoms with Crippen LogP contribution in [-0.4, -0.2) is 16.3 Å². The minimum atomic E-state index is -0.291. The summed E-state index contributed by atoms with van der Waals surface area (Å²) < 4.78 is 1.98. The molecule has 0 radical (unpaired) electrons. The lowest BCUT2D eigenvalue weighted by molar-refractivity contribution is -0.149. The molecule has 2 aromatic rings. The molecule has 4 saturated carbocycles. The molecule has 4 fully saturated rings. The molecule has 2 atom stereocenters. The summed E-state index contributed by atoms with van der Waals surface area (Å²) in [5, 5.41) is 0.688. The van der Waals surface area contributed by atoms with Gasteiger partial charge in [-0.05, 0) is 85.6 Å². The molecule has 4 bridgehead atoms. The monoisotopic (exact) mass is 410 g/mol. The number of aromatic nitrogens is 1. The van der Waals surface area contributed by atoms with Gasteiger partial charge in [-0.1, -0.05) is 23.7 Å². The van der Waals surface area contributed by atoms with Crippen LogP contribution in [0.15, 0.2) is 36.4 Å². The fourth-order valence-corrected chi connectivity index (χ4v) is 7.00. The van der Waals surface area contributed by atoms with Crippen molar-refractivity contribution in [2.75, 3.05) is 0 Å². The largest absolute Gasteiger partial charge is 0.369 e. The topological polar surface area (TPSA) is 65.1 Å². The van der Waals surface area contributed by atoms with Crippen LogP contribution >= 0.6 is 11.6 Å². The molecule has 6 rings (SSSR count). The fraction of sp³-hybridized carbons (Fsp3) is 0.500. The molecule has 0 spiro atoms. The number of hydrogen-bond donors (Lipinski definition) is 1. The van der Waals surface area contributed by atoms with Gasteiger partial charge in [-0.2, -0.15) is 0 Å². The predicted molar refractivity (Wildman–Crippen MR) is 113 cm³/mol. The maximum Gasteiger partial charge on any atom is 0.223 e. The number of Topliss-reactive ketones (excluding diaryl/α,β-unsaturated/α-hetero) is 1. The second-order valence-electron chi connectivity index (χ2n) is 9.58. The van der Waals surface area contributed by atoms with Crippen LogP contribution in [0, 0.1) is 29.1 Å². The van der Waals surface area contributed by atoms with E-state index in [2.05, 4.69) is 0 Å². The zero-order valence-electron chi connectivity index (χ0n) is 16.7. The zero-order chi connectivity index (χ0) is 20.3. The van der Waals surface area contributed by atoms with Crippen molar-refractivity contribution < 1.29 is 9.59 Å². The molecule has 1 amide bonds. The second-order valence-corrected chi connectivity index (χ2v) is 10.0. The number of ketones is 1. The molecule has 1 aromatic heterocycles. The van der Waals surface area contributed by atoms with Crippen molar-refractivity contribution >= 4 is 23.3 Å². The predicted octanol–water partition coefficient (Wildman–Crippen LogP) is 4.85. The minimum absolute atomic E-state index is 0.115. The molecule has 2 N–H and O–H groups in total. The van der Waals surface area contributed by atoms with Crippen molar-refractivity contribution in [2.45, 2.75) is 38.5 Å². The van der Waals surface area contributed by atoms with Crippen molar-refractivity contribution in [3.63, 3.8) is 0 Å². The van der Waals surface area contributed by atoms with Crippen molar-refractivity contribution in [3.05, 3.63) is 47.1 Å².